The van der Waals surface area contributed by atoms with E-state index in [0.717, 1.165) is 38.2 Å². The van der Waals surface area contributed by atoms with E-state index in [-0.39, 0.29) is 5.91 Å². The van der Waals surface area contributed by atoms with Crippen molar-refractivity contribution in [3.05, 3.63) is 23.9 Å². The second-order valence-electron chi connectivity index (χ2n) is 4.87. The van der Waals surface area contributed by atoms with Gasteiger partial charge in [0.25, 0.3) is 0 Å². The van der Waals surface area contributed by atoms with Gasteiger partial charge in [0.05, 0.1) is 13.7 Å². The van der Waals surface area contributed by atoms with Crippen LogP contribution in [0.1, 0.15) is 12.0 Å². The number of rotatable bonds is 5. The van der Waals surface area contributed by atoms with Crippen molar-refractivity contribution in [1.29, 1.82) is 0 Å². The summed E-state index contributed by atoms with van der Waals surface area (Å²) in [5, 5.41) is 6.25. The molecule has 2 N–H and O–H groups in total. The standard InChI is InChI=1S/C14H22N4O2/c1-20-14-4-3-12(10-17-14)9-16-13(19)11-18-7-2-5-15-6-8-18/h3-4,10,15H,2,5-9,11H2,1H3,(H,16,19). The lowest BCUT2D eigenvalue weighted by Crippen LogP contribution is -2.38. The van der Waals surface area contributed by atoms with E-state index in [0.29, 0.717) is 19.0 Å². The van der Waals surface area contributed by atoms with E-state index in [2.05, 4.69) is 20.5 Å². The fraction of sp³-hybridized carbons (Fsp3) is 0.571. The van der Waals surface area contributed by atoms with Gasteiger partial charge in [-0.15, -0.1) is 0 Å². The predicted molar refractivity (Wildman–Crippen MR) is 76.6 cm³/mol. The molecule has 1 fully saturated rings. The van der Waals surface area contributed by atoms with Gasteiger partial charge in [-0.3, -0.25) is 9.69 Å². The van der Waals surface area contributed by atoms with Gasteiger partial charge in [-0.25, -0.2) is 4.98 Å². The maximum atomic E-state index is 11.9. The monoisotopic (exact) mass is 278 g/mol. The van der Waals surface area contributed by atoms with Crippen LogP contribution in [-0.2, 0) is 11.3 Å². The van der Waals surface area contributed by atoms with Gasteiger partial charge in [-0.05, 0) is 25.1 Å². The lowest BCUT2D eigenvalue weighted by atomic mass is 10.3. The summed E-state index contributed by atoms with van der Waals surface area (Å²) in [4.78, 5) is 18.2. The fourth-order valence-corrected chi connectivity index (χ4v) is 2.16. The Kier molecular flexibility index (Phi) is 5.76. The Morgan fingerprint density at radius 1 is 1.45 bits per heavy atom. The number of nitrogens with zero attached hydrogens (tertiary/aromatic N) is 2. The normalized spacial score (nSPS) is 16.4. The molecule has 0 saturated carbocycles. The molecule has 20 heavy (non-hydrogen) atoms. The molecule has 110 valence electrons. The molecule has 0 unspecified atom stereocenters. The summed E-state index contributed by atoms with van der Waals surface area (Å²) < 4.78 is 5.00. The van der Waals surface area contributed by atoms with Crippen molar-refractivity contribution in [3.8, 4) is 5.88 Å². The van der Waals surface area contributed by atoms with Gasteiger partial charge in [0.15, 0.2) is 0 Å². The Morgan fingerprint density at radius 3 is 3.10 bits per heavy atom. The molecule has 1 saturated heterocycles. The number of carbonyl (C=O) groups excluding carboxylic acids is 1. The molecule has 2 rings (SSSR count). The Morgan fingerprint density at radius 2 is 2.35 bits per heavy atom. The van der Waals surface area contributed by atoms with Crippen LogP contribution in [0.15, 0.2) is 18.3 Å². The van der Waals surface area contributed by atoms with Crippen LogP contribution in [-0.4, -0.2) is 55.6 Å². The van der Waals surface area contributed by atoms with Crippen LogP contribution in [0.2, 0.25) is 0 Å². The summed E-state index contributed by atoms with van der Waals surface area (Å²) in [7, 11) is 1.58. The zero-order valence-electron chi connectivity index (χ0n) is 11.9. The fourth-order valence-electron chi connectivity index (χ4n) is 2.16. The first-order valence-electron chi connectivity index (χ1n) is 6.96. The number of hydrogen-bond donors (Lipinski definition) is 2. The SMILES string of the molecule is COc1ccc(CNC(=O)CN2CCCNCC2)cn1. The first-order chi connectivity index (χ1) is 9.78. The maximum Gasteiger partial charge on any atom is 0.234 e. The molecule has 6 heteroatoms. The highest BCUT2D eigenvalue weighted by molar-refractivity contribution is 5.78. The number of carbonyl (C=O) groups is 1. The molecule has 2 heterocycles. The van der Waals surface area contributed by atoms with Crippen molar-refractivity contribution in [2.24, 2.45) is 0 Å². The Balaban J connectivity index is 1.73. The van der Waals surface area contributed by atoms with E-state index in [1.165, 1.54) is 0 Å². The smallest absolute Gasteiger partial charge is 0.234 e. The number of ether oxygens (including phenoxy) is 1. The lowest BCUT2D eigenvalue weighted by Gasteiger charge is -2.18. The molecule has 1 amide bonds. The van der Waals surface area contributed by atoms with Crippen LogP contribution in [0.25, 0.3) is 0 Å². The molecular formula is C14H22N4O2. The highest BCUT2D eigenvalue weighted by Gasteiger charge is 2.12. The zero-order valence-corrected chi connectivity index (χ0v) is 11.9. The van der Waals surface area contributed by atoms with E-state index in [4.69, 9.17) is 4.74 Å². The van der Waals surface area contributed by atoms with E-state index in [1.807, 2.05) is 6.07 Å². The number of nitrogens with one attached hydrogen (secondary N) is 2. The molecule has 1 aromatic rings. The summed E-state index contributed by atoms with van der Waals surface area (Å²) in [6, 6.07) is 3.70. The number of amides is 1. The number of pyridine rings is 1. The summed E-state index contributed by atoms with van der Waals surface area (Å²) in [6.45, 7) is 4.86. The first kappa shape index (κ1) is 14.7. The minimum atomic E-state index is 0.0581. The third-order valence-corrected chi connectivity index (χ3v) is 3.30. The lowest BCUT2D eigenvalue weighted by molar-refractivity contribution is -0.122. The van der Waals surface area contributed by atoms with E-state index >= 15 is 0 Å². The van der Waals surface area contributed by atoms with Crippen molar-refractivity contribution in [3.63, 3.8) is 0 Å². The van der Waals surface area contributed by atoms with Crippen molar-refractivity contribution >= 4 is 5.91 Å². The number of aromatic nitrogens is 1. The molecule has 0 spiro atoms. The minimum Gasteiger partial charge on any atom is -0.481 e. The quantitative estimate of drug-likeness (QED) is 0.794. The second-order valence-corrected chi connectivity index (χ2v) is 4.87. The number of methoxy groups -OCH3 is 1. The van der Waals surface area contributed by atoms with Crippen LogP contribution >= 0.6 is 0 Å². The van der Waals surface area contributed by atoms with Crippen molar-refractivity contribution in [1.82, 2.24) is 20.5 Å². The molecule has 0 aromatic carbocycles. The van der Waals surface area contributed by atoms with Gasteiger partial charge in [-0.1, -0.05) is 6.07 Å². The highest BCUT2D eigenvalue weighted by atomic mass is 16.5. The van der Waals surface area contributed by atoms with E-state index in [9.17, 15) is 4.79 Å². The summed E-state index contributed by atoms with van der Waals surface area (Å²) in [5.74, 6) is 0.639. The molecule has 1 aromatic heterocycles. The molecule has 0 radical (unpaired) electrons. The van der Waals surface area contributed by atoms with Crippen molar-refractivity contribution in [2.45, 2.75) is 13.0 Å². The van der Waals surface area contributed by atoms with Crippen LogP contribution in [0.4, 0.5) is 0 Å². The van der Waals surface area contributed by atoms with Gasteiger partial charge in [0.2, 0.25) is 11.8 Å². The average molecular weight is 278 g/mol. The topological polar surface area (TPSA) is 66.5 Å². The minimum absolute atomic E-state index is 0.0581. The average Bonchev–Trinajstić information content (AvgIpc) is 2.74. The zero-order chi connectivity index (χ0) is 14.2. The third-order valence-electron chi connectivity index (χ3n) is 3.30. The van der Waals surface area contributed by atoms with E-state index < -0.39 is 0 Å². The largest absolute Gasteiger partial charge is 0.481 e. The summed E-state index contributed by atoms with van der Waals surface area (Å²) in [6.07, 6.45) is 2.81. The van der Waals surface area contributed by atoms with Gasteiger partial charge >= 0.3 is 0 Å². The Hall–Kier alpha value is -1.66. The molecular weight excluding hydrogens is 256 g/mol. The third kappa shape index (κ3) is 4.79. The Bertz CT molecular complexity index is 414. The summed E-state index contributed by atoms with van der Waals surface area (Å²) in [5.41, 5.74) is 0.969. The molecule has 1 aliphatic heterocycles. The van der Waals surface area contributed by atoms with Crippen LogP contribution in [0, 0.1) is 0 Å². The maximum absolute atomic E-state index is 11.9. The van der Waals surface area contributed by atoms with Crippen LogP contribution < -0.4 is 15.4 Å². The van der Waals surface area contributed by atoms with Crippen molar-refractivity contribution < 1.29 is 9.53 Å². The predicted octanol–water partition coefficient (Wildman–Crippen LogP) is 0.00170. The molecule has 0 bridgehead atoms. The van der Waals surface area contributed by atoms with Crippen molar-refractivity contribution in [2.75, 3.05) is 39.8 Å². The Labute approximate surface area is 119 Å². The van der Waals surface area contributed by atoms with Gasteiger partial charge in [0, 0.05) is 31.9 Å². The first-order valence-corrected chi connectivity index (χ1v) is 6.96. The molecule has 0 atom stereocenters. The second kappa shape index (κ2) is 7.81. The van der Waals surface area contributed by atoms with Gasteiger partial charge in [-0.2, -0.15) is 0 Å². The van der Waals surface area contributed by atoms with E-state index in [1.54, 1.807) is 19.4 Å². The highest BCUT2D eigenvalue weighted by Crippen LogP contribution is 2.06. The van der Waals surface area contributed by atoms with Gasteiger partial charge in [0.1, 0.15) is 0 Å². The van der Waals surface area contributed by atoms with Crippen LogP contribution in [0.5, 0.6) is 5.88 Å². The van der Waals surface area contributed by atoms with Crippen LogP contribution in [0.3, 0.4) is 0 Å². The molecule has 0 aliphatic carbocycles. The summed E-state index contributed by atoms with van der Waals surface area (Å²) >= 11 is 0. The van der Waals surface area contributed by atoms with Gasteiger partial charge < -0.3 is 15.4 Å². The molecule has 1 aliphatic rings. The number of hydrogen-bond acceptors (Lipinski definition) is 5. The molecule has 6 nitrogen and oxygen atoms in total.